The average Bonchev–Trinajstić information content (AvgIpc) is 3.16. The predicted molar refractivity (Wildman–Crippen MR) is 208 cm³/mol. The molecule has 0 unspecified atom stereocenters. The standard InChI is InChI=1S/C48H30/c1-4-18-35-31(13-1)16-11-25-37(35)34-27-28-44-46(30-34)48(45-29-33-15-3-6-20-38(33)39-21-7-8-22-40(39)45)43-24-10-9-23-42(43)47(44)41-26-12-17-32-14-2-5-19-36(32)41/h1-30H. The van der Waals surface area contributed by atoms with E-state index in [0.29, 0.717) is 0 Å². The monoisotopic (exact) mass is 606 g/mol. The van der Waals surface area contributed by atoms with E-state index in [4.69, 9.17) is 0 Å². The van der Waals surface area contributed by atoms with E-state index in [1.807, 2.05) is 0 Å². The average molecular weight is 607 g/mol. The minimum Gasteiger partial charge on any atom is -0.0616 e. The van der Waals surface area contributed by atoms with Crippen LogP contribution in [0.2, 0.25) is 0 Å². The summed E-state index contributed by atoms with van der Waals surface area (Å²) in [5.41, 5.74) is 7.59. The Morgan fingerprint density at radius 3 is 1.35 bits per heavy atom. The lowest BCUT2D eigenvalue weighted by molar-refractivity contribution is 1.67. The zero-order chi connectivity index (χ0) is 31.6. The number of hydrogen-bond acceptors (Lipinski definition) is 0. The van der Waals surface area contributed by atoms with Gasteiger partial charge in [0, 0.05) is 0 Å². The summed E-state index contributed by atoms with van der Waals surface area (Å²) in [5.74, 6) is 0. The fourth-order valence-electron chi connectivity index (χ4n) is 8.11. The fourth-order valence-corrected chi connectivity index (χ4v) is 8.11. The second-order valence-electron chi connectivity index (χ2n) is 12.8. The van der Waals surface area contributed by atoms with Gasteiger partial charge in [-0.15, -0.1) is 0 Å². The third-order valence-electron chi connectivity index (χ3n) is 10.2. The number of fused-ring (bicyclic) bond motifs is 7. The van der Waals surface area contributed by atoms with Gasteiger partial charge in [0.25, 0.3) is 0 Å². The van der Waals surface area contributed by atoms with Crippen molar-refractivity contribution in [3.63, 3.8) is 0 Å². The molecule has 0 bridgehead atoms. The van der Waals surface area contributed by atoms with Gasteiger partial charge in [0.05, 0.1) is 0 Å². The highest BCUT2D eigenvalue weighted by Crippen LogP contribution is 2.48. The Hall–Kier alpha value is -6.24. The fraction of sp³-hybridized carbons (Fsp3) is 0. The van der Waals surface area contributed by atoms with Crippen molar-refractivity contribution in [1.82, 2.24) is 0 Å². The molecule has 0 saturated carbocycles. The van der Waals surface area contributed by atoms with Crippen LogP contribution in [0.25, 0.3) is 98.0 Å². The summed E-state index contributed by atoms with van der Waals surface area (Å²) in [6.45, 7) is 0. The molecular formula is C48H30. The molecule has 0 heterocycles. The zero-order valence-electron chi connectivity index (χ0n) is 26.3. The van der Waals surface area contributed by atoms with E-state index in [1.165, 1.54) is 98.0 Å². The highest BCUT2D eigenvalue weighted by Gasteiger charge is 2.21. The quantitative estimate of drug-likeness (QED) is 0.139. The van der Waals surface area contributed by atoms with Crippen molar-refractivity contribution in [3.05, 3.63) is 182 Å². The summed E-state index contributed by atoms with van der Waals surface area (Å²) in [6, 6.07) is 67.2. The second-order valence-corrected chi connectivity index (χ2v) is 12.8. The molecule has 0 aliphatic carbocycles. The number of benzene rings is 10. The molecule has 10 rings (SSSR count). The lowest BCUT2D eigenvalue weighted by Gasteiger charge is -2.21. The smallest absolute Gasteiger partial charge is 0.00197 e. The van der Waals surface area contributed by atoms with E-state index >= 15 is 0 Å². The van der Waals surface area contributed by atoms with Crippen LogP contribution in [0.5, 0.6) is 0 Å². The first-order valence-electron chi connectivity index (χ1n) is 16.7. The van der Waals surface area contributed by atoms with E-state index in [0.717, 1.165) is 0 Å². The molecule has 0 spiro atoms. The molecule has 0 atom stereocenters. The summed E-state index contributed by atoms with van der Waals surface area (Å²) in [6.07, 6.45) is 0. The van der Waals surface area contributed by atoms with Gasteiger partial charge in [-0.3, -0.25) is 0 Å². The van der Waals surface area contributed by atoms with Gasteiger partial charge in [0.15, 0.2) is 0 Å². The van der Waals surface area contributed by atoms with Gasteiger partial charge >= 0.3 is 0 Å². The van der Waals surface area contributed by atoms with Gasteiger partial charge < -0.3 is 0 Å². The van der Waals surface area contributed by atoms with E-state index in [2.05, 4.69) is 182 Å². The normalized spacial score (nSPS) is 11.8. The molecule has 0 aliphatic heterocycles. The van der Waals surface area contributed by atoms with Crippen LogP contribution in [0.15, 0.2) is 182 Å². The molecule has 222 valence electrons. The maximum atomic E-state index is 2.46. The third-order valence-corrected chi connectivity index (χ3v) is 10.2. The first-order chi connectivity index (χ1) is 23.8. The molecule has 0 amide bonds. The van der Waals surface area contributed by atoms with Crippen LogP contribution in [0, 0.1) is 0 Å². The van der Waals surface area contributed by atoms with Crippen LogP contribution in [0.4, 0.5) is 0 Å². The lowest BCUT2D eigenvalue weighted by Crippen LogP contribution is -1.94. The Morgan fingerprint density at radius 2 is 0.667 bits per heavy atom. The SMILES string of the molecule is c1ccc2c(-c3ccc4c(-c5cccc6ccccc56)c5ccccc5c(-c5cc6ccccc6c6ccccc56)c4c3)cccc2c1. The minimum atomic E-state index is 1.23. The van der Waals surface area contributed by atoms with Crippen LogP contribution in [-0.4, -0.2) is 0 Å². The van der Waals surface area contributed by atoms with Crippen molar-refractivity contribution in [3.8, 4) is 33.4 Å². The number of rotatable bonds is 3. The molecule has 0 N–H and O–H groups in total. The van der Waals surface area contributed by atoms with Gasteiger partial charge in [-0.1, -0.05) is 170 Å². The molecular weight excluding hydrogens is 577 g/mol. The van der Waals surface area contributed by atoms with E-state index < -0.39 is 0 Å². The highest BCUT2D eigenvalue weighted by molar-refractivity contribution is 6.27. The Kier molecular flexibility index (Phi) is 5.98. The van der Waals surface area contributed by atoms with Crippen molar-refractivity contribution < 1.29 is 0 Å². The van der Waals surface area contributed by atoms with E-state index in [9.17, 15) is 0 Å². The molecule has 10 aromatic rings. The molecule has 0 saturated heterocycles. The van der Waals surface area contributed by atoms with Crippen molar-refractivity contribution in [2.45, 2.75) is 0 Å². The van der Waals surface area contributed by atoms with Crippen molar-refractivity contribution in [2.75, 3.05) is 0 Å². The summed E-state index contributed by atoms with van der Waals surface area (Å²) in [7, 11) is 0. The van der Waals surface area contributed by atoms with Gasteiger partial charge in [-0.25, -0.2) is 0 Å². The second kappa shape index (κ2) is 10.7. The maximum absolute atomic E-state index is 2.46. The molecule has 0 nitrogen and oxygen atoms in total. The van der Waals surface area contributed by atoms with Crippen LogP contribution in [0.1, 0.15) is 0 Å². The molecule has 0 aliphatic rings. The topological polar surface area (TPSA) is 0 Å². The van der Waals surface area contributed by atoms with Gasteiger partial charge in [-0.2, -0.15) is 0 Å². The molecule has 48 heavy (non-hydrogen) atoms. The van der Waals surface area contributed by atoms with Crippen molar-refractivity contribution in [1.29, 1.82) is 0 Å². The van der Waals surface area contributed by atoms with Crippen LogP contribution in [-0.2, 0) is 0 Å². The number of hydrogen-bond donors (Lipinski definition) is 0. The Balaban J connectivity index is 1.41. The molecule has 0 heteroatoms. The molecule has 10 aromatic carbocycles. The first kappa shape index (κ1) is 26.9. The lowest BCUT2D eigenvalue weighted by atomic mass is 9.82. The highest BCUT2D eigenvalue weighted by atomic mass is 14.2. The summed E-state index contributed by atoms with van der Waals surface area (Å²) in [5, 5.41) is 15.2. The Bertz CT molecular complexity index is 2880. The first-order valence-corrected chi connectivity index (χ1v) is 16.7. The predicted octanol–water partition coefficient (Wildman–Crippen LogP) is 13.6. The largest absolute Gasteiger partial charge is 0.0616 e. The van der Waals surface area contributed by atoms with Gasteiger partial charge in [0.2, 0.25) is 0 Å². The van der Waals surface area contributed by atoms with Crippen molar-refractivity contribution >= 4 is 64.6 Å². The van der Waals surface area contributed by atoms with Gasteiger partial charge in [0.1, 0.15) is 0 Å². The molecule has 0 radical (unpaired) electrons. The molecule has 0 aromatic heterocycles. The summed E-state index contributed by atoms with van der Waals surface area (Å²) < 4.78 is 0. The minimum absolute atomic E-state index is 1.23. The summed E-state index contributed by atoms with van der Waals surface area (Å²) in [4.78, 5) is 0. The zero-order valence-corrected chi connectivity index (χ0v) is 26.3. The van der Waals surface area contributed by atoms with Crippen LogP contribution >= 0.6 is 0 Å². The van der Waals surface area contributed by atoms with Crippen LogP contribution in [0.3, 0.4) is 0 Å². The van der Waals surface area contributed by atoms with Crippen LogP contribution < -0.4 is 0 Å². The third kappa shape index (κ3) is 4.03. The van der Waals surface area contributed by atoms with Crippen molar-refractivity contribution in [2.24, 2.45) is 0 Å². The van der Waals surface area contributed by atoms with E-state index in [1.54, 1.807) is 0 Å². The Morgan fingerprint density at radius 1 is 0.208 bits per heavy atom. The Labute approximate surface area is 279 Å². The summed E-state index contributed by atoms with van der Waals surface area (Å²) >= 11 is 0. The molecule has 0 fully saturated rings. The van der Waals surface area contributed by atoms with Gasteiger partial charge in [-0.05, 0) is 110 Å². The van der Waals surface area contributed by atoms with E-state index in [-0.39, 0.29) is 0 Å². The maximum Gasteiger partial charge on any atom is -0.00197 e.